The summed E-state index contributed by atoms with van der Waals surface area (Å²) in [4.78, 5) is 34.3. The van der Waals surface area contributed by atoms with Crippen molar-refractivity contribution in [3.8, 4) is 0 Å². The molecule has 0 heterocycles. The van der Waals surface area contributed by atoms with Crippen LogP contribution in [-0.2, 0) is 22.8 Å². The van der Waals surface area contributed by atoms with Crippen LogP contribution in [0, 0.1) is 0 Å². The van der Waals surface area contributed by atoms with Crippen LogP contribution in [-0.4, -0.2) is 94.2 Å². The van der Waals surface area contributed by atoms with Crippen LogP contribution in [0.4, 0.5) is 0 Å². The molecular formula is C9H18BiN3O9. The van der Waals surface area contributed by atoms with Crippen molar-refractivity contribution in [2.45, 2.75) is 18.1 Å². The molecule has 0 bridgehead atoms. The molecule has 128 valence electrons. The van der Waals surface area contributed by atoms with E-state index in [-0.39, 0.29) is 0 Å². The molecule has 0 aliphatic heterocycles. The Morgan fingerprint density at radius 3 is 1.14 bits per heavy atom. The molecule has 0 saturated heterocycles. The summed E-state index contributed by atoms with van der Waals surface area (Å²) < 4.78 is 14.0. The van der Waals surface area contributed by atoms with Gasteiger partial charge < -0.3 is 0 Å². The first kappa shape index (κ1) is 21.1. The molecule has 9 N–H and O–H groups in total. The van der Waals surface area contributed by atoms with Gasteiger partial charge in [0.15, 0.2) is 0 Å². The first-order chi connectivity index (χ1) is 10.3. The standard InChI is InChI=1S/3C3H7NO3.Bi/c3*4-2(1-5)3(6)7;/h3*2,5H,1,4H2,(H,6,7);/q;;;+3/p-3/t3*2-;/m000./s1. The molecule has 0 rings (SSSR count). The quantitative estimate of drug-likeness (QED) is 0.157. The molecule has 3 atom stereocenters. The second kappa shape index (κ2) is 10.7. The van der Waals surface area contributed by atoms with Crippen molar-refractivity contribution in [1.29, 1.82) is 0 Å². The molecule has 0 radical (unpaired) electrons. The fourth-order valence-electron chi connectivity index (χ4n) is 0.703. The van der Waals surface area contributed by atoms with E-state index in [0.29, 0.717) is 0 Å². The van der Waals surface area contributed by atoms with E-state index in [1.807, 2.05) is 0 Å². The molecule has 0 aromatic rings. The van der Waals surface area contributed by atoms with Crippen LogP contribution in [0.5, 0.6) is 0 Å². The van der Waals surface area contributed by atoms with Crippen LogP contribution < -0.4 is 17.2 Å². The number of aliphatic hydroxyl groups excluding tert-OH is 3. The molecule has 0 fully saturated rings. The number of carbonyl (C=O) groups is 3. The number of aliphatic hydroxyl groups is 3. The Hall–Kier alpha value is -0.947. The summed E-state index contributed by atoms with van der Waals surface area (Å²) in [5, 5.41) is 26.1. The Morgan fingerprint density at radius 1 is 0.727 bits per heavy atom. The van der Waals surface area contributed by atoms with Gasteiger partial charge >= 0.3 is 134 Å². The summed E-state index contributed by atoms with van der Waals surface area (Å²) in [6.45, 7) is -2.24. The fourth-order valence-corrected chi connectivity index (χ4v) is 4.43. The molecule has 0 aliphatic rings. The zero-order chi connectivity index (χ0) is 17.3. The Kier molecular flexibility index (Phi) is 10.3. The first-order valence-corrected chi connectivity index (χ1v) is 10.1. The number of hydrogen-bond acceptors (Lipinski definition) is 12. The van der Waals surface area contributed by atoms with E-state index < -0.39 is 78.9 Å². The molecule has 0 aliphatic carbocycles. The van der Waals surface area contributed by atoms with Crippen LogP contribution in [0.3, 0.4) is 0 Å². The molecule has 12 nitrogen and oxygen atoms in total. The third kappa shape index (κ3) is 7.36. The third-order valence-corrected chi connectivity index (χ3v) is 5.83. The second-order valence-corrected chi connectivity index (χ2v) is 7.69. The summed E-state index contributed by atoms with van der Waals surface area (Å²) in [7, 11) is 0. The first-order valence-electron chi connectivity index (χ1n) is 5.81. The topological polar surface area (TPSA) is 218 Å². The van der Waals surface area contributed by atoms with Crippen LogP contribution in [0.15, 0.2) is 0 Å². The Balaban J connectivity index is 4.86. The van der Waals surface area contributed by atoms with Crippen molar-refractivity contribution in [2.24, 2.45) is 17.2 Å². The number of carbonyl (C=O) groups excluding carboxylic acids is 3. The normalized spacial score (nSPS) is 14.9. The van der Waals surface area contributed by atoms with E-state index in [0.717, 1.165) is 0 Å². The van der Waals surface area contributed by atoms with Crippen molar-refractivity contribution >= 4 is 41.0 Å². The Morgan fingerprint density at radius 2 is 0.955 bits per heavy atom. The van der Waals surface area contributed by atoms with Crippen molar-refractivity contribution in [3.05, 3.63) is 0 Å². The van der Waals surface area contributed by atoms with Crippen molar-refractivity contribution in [3.63, 3.8) is 0 Å². The molecule has 22 heavy (non-hydrogen) atoms. The van der Waals surface area contributed by atoms with Crippen LogP contribution in [0.25, 0.3) is 0 Å². The predicted molar refractivity (Wildman–Crippen MR) is 69.2 cm³/mol. The Labute approximate surface area is 134 Å². The zero-order valence-corrected chi connectivity index (χ0v) is 14.8. The third-order valence-electron chi connectivity index (χ3n) is 1.99. The van der Waals surface area contributed by atoms with Gasteiger partial charge in [0, 0.05) is 0 Å². The average molecular weight is 521 g/mol. The summed E-state index contributed by atoms with van der Waals surface area (Å²) in [6, 6.07) is -4.27. The van der Waals surface area contributed by atoms with Crippen molar-refractivity contribution < 1.29 is 38.1 Å². The monoisotopic (exact) mass is 521 g/mol. The van der Waals surface area contributed by atoms with E-state index in [4.69, 9.17) is 32.5 Å². The molecular weight excluding hydrogens is 503 g/mol. The minimum absolute atomic E-state index is 0.745. The van der Waals surface area contributed by atoms with E-state index in [2.05, 4.69) is 8.44 Å². The van der Waals surface area contributed by atoms with E-state index in [1.54, 1.807) is 0 Å². The maximum absolute atomic E-state index is 11.4. The van der Waals surface area contributed by atoms with Crippen LogP contribution >= 0.6 is 0 Å². The van der Waals surface area contributed by atoms with E-state index in [1.165, 1.54) is 0 Å². The van der Waals surface area contributed by atoms with Gasteiger partial charge in [0.05, 0.1) is 0 Å². The minimum atomic E-state index is -4.46. The number of hydrogen-bond donors (Lipinski definition) is 6. The van der Waals surface area contributed by atoms with Crippen LogP contribution in [0.2, 0.25) is 0 Å². The fraction of sp³-hybridized carbons (Fsp3) is 0.667. The molecule has 0 saturated carbocycles. The predicted octanol–water partition coefficient (Wildman–Crippen LogP) is -5.44. The molecule has 0 amide bonds. The average Bonchev–Trinajstić information content (AvgIpc) is 2.51. The van der Waals surface area contributed by atoms with Crippen molar-refractivity contribution in [2.75, 3.05) is 19.8 Å². The van der Waals surface area contributed by atoms with E-state index in [9.17, 15) is 14.4 Å². The van der Waals surface area contributed by atoms with Gasteiger partial charge in [-0.3, -0.25) is 0 Å². The number of nitrogens with two attached hydrogens (primary N) is 3. The van der Waals surface area contributed by atoms with Gasteiger partial charge in [0.1, 0.15) is 0 Å². The summed E-state index contributed by atoms with van der Waals surface area (Å²) in [6.07, 6.45) is 0. The molecule has 13 heteroatoms. The van der Waals surface area contributed by atoms with Gasteiger partial charge in [-0.15, -0.1) is 0 Å². The molecule has 0 spiro atoms. The van der Waals surface area contributed by atoms with Gasteiger partial charge in [-0.05, 0) is 0 Å². The van der Waals surface area contributed by atoms with Crippen LogP contribution in [0.1, 0.15) is 0 Å². The van der Waals surface area contributed by atoms with Gasteiger partial charge in [-0.1, -0.05) is 0 Å². The molecule has 0 unspecified atom stereocenters. The summed E-state index contributed by atoms with van der Waals surface area (Å²) in [5.41, 5.74) is 15.6. The van der Waals surface area contributed by atoms with Gasteiger partial charge in [0.2, 0.25) is 0 Å². The maximum atomic E-state index is 11.4. The van der Waals surface area contributed by atoms with Gasteiger partial charge in [-0.2, -0.15) is 0 Å². The molecule has 0 aromatic heterocycles. The van der Waals surface area contributed by atoms with Crippen molar-refractivity contribution in [1.82, 2.24) is 0 Å². The SMILES string of the molecule is N[C@@H](CO)C(=O)[O][Bi]([O]C(=O)[C@@H](N)CO)[O]C(=O)[C@@H](N)CO. The molecule has 0 aromatic carbocycles. The number of rotatable bonds is 9. The summed E-state index contributed by atoms with van der Waals surface area (Å²) in [5.74, 6) is -3.47. The zero-order valence-electron chi connectivity index (χ0n) is 11.3. The Bertz CT molecular complexity index is 339. The second-order valence-electron chi connectivity index (χ2n) is 3.82. The van der Waals surface area contributed by atoms with Gasteiger partial charge in [0.25, 0.3) is 0 Å². The van der Waals surface area contributed by atoms with Gasteiger partial charge in [-0.25, -0.2) is 0 Å². The summed E-state index contributed by atoms with van der Waals surface area (Å²) >= 11 is -4.46. The van der Waals surface area contributed by atoms with E-state index >= 15 is 0 Å².